The Hall–Kier alpha value is -2.40. The summed E-state index contributed by atoms with van der Waals surface area (Å²) in [6.07, 6.45) is 0. The van der Waals surface area contributed by atoms with E-state index in [1.165, 1.54) is 23.4 Å². The molecule has 0 amide bonds. The molecule has 0 radical (unpaired) electrons. The molecule has 0 aliphatic heterocycles. The van der Waals surface area contributed by atoms with Crippen molar-refractivity contribution in [2.75, 3.05) is 0 Å². The first-order valence-corrected chi connectivity index (χ1v) is 9.91. The minimum atomic E-state index is -0.211. The highest BCUT2D eigenvalue weighted by Gasteiger charge is 2.12. The quantitative estimate of drug-likeness (QED) is 0.363. The van der Waals surface area contributed by atoms with Crippen molar-refractivity contribution < 1.29 is 9.13 Å². The highest BCUT2D eigenvalue weighted by molar-refractivity contribution is 7.98. The standard InChI is InChI=1S/C22H23FN2OS/c1-14(2)19-12-21(26-20-10-9-15(3)11-16(20)4)25-22(24-19)27-13-17-7-5-6-8-18(17)23/h5-12,14H,13H2,1-4H3. The fraction of sp³-hybridized carbons (Fsp3) is 0.273. The topological polar surface area (TPSA) is 35.0 Å². The van der Waals surface area contributed by atoms with Crippen LogP contribution in [0.1, 0.15) is 42.1 Å². The highest BCUT2D eigenvalue weighted by atomic mass is 32.2. The molecule has 0 aliphatic carbocycles. The third kappa shape index (κ3) is 5.07. The number of ether oxygens (including phenoxy) is 1. The molecule has 3 aromatic rings. The zero-order valence-corrected chi connectivity index (χ0v) is 16.8. The van der Waals surface area contributed by atoms with Gasteiger partial charge in [0.15, 0.2) is 5.16 Å². The van der Waals surface area contributed by atoms with Crippen LogP contribution < -0.4 is 4.74 Å². The lowest BCUT2D eigenvalue weighted by atomic mass is 10.1. The molecule has 3 rings (SSSR count). The molecular weight excluding hydrogens is 359 g/mol. The van der Waals surface area contributed by atoms with Gasteiger partial charge in [0.25, 0.3) is 0 Å². The van der Waals surface area contributed by atoms with Gasteiger partial charge in [0.05, 0.1) is 5.69 Å². The molecule has 140 valence electrons. The maximum absolute atomic E-state index is 13.9. The van der Waals surface area contributed by atoms with Crippen molar-refractivity contribution in [1.29, 1.82) is 0 Å². The van der Waals surface area contributed by atoms with Crippen molar-refractivity contribution in [3.8, 4) is 11.6 Å². The van der Waals surface area contributed by atoms with Crippen LogP contribution in [-0.4, -0.2) is 9.97 Å². The minimum Gasteiger partial charge on any atom is -0.439 e. The first kappa shape index (κ1) is 19.4. The summed E-state index contributed by atoms with van der Waals surface area (Å²) in [7, 11) is 0. The number of halogens is 1. The summed E-state index contributed by atoms with van der Waals surface area (Å²) in [6, 6.07) is 14.7. The van der Waals surface area contributed by atoms with Crippen molar-refractivity contribution in [2.45, 2.75) is 44.5 Å². The van der Waals surface area contributed by atoms with E-state index in [9.17, 15) is 4.39 Å². The second kappa shape index (κ2) is 8.53. The average molecular weight is 383 g/mol. The van der Waals surface area contributed by atoms with E-state index in [1.807, 2.05) is 31.2 Å². The smallest absolute Gasteiger partial charge is 0.223 e. The van der Waals surface area contributed by atoms with Crippen molar-refractivity contribution >= 4 is 11.8 Å². The van der Waals surface area contributed by atoms with Gasteiger partial charge in [0.1, 0.15) is 11.6 Å². The molecule has 0 fully saturated rings. The first-order chi connectivity index (χ1) is 12.9. The van der Waals surface area contributed by atoms with Crippen LogP contribution in [0.4, 0.5) is 4.39 Å². The van der Waals surface area contributed by atoms with Crippen LogP contribution in [-0.2, 0) is 5.75 Å². The summed E-state index contributed by atoms with van der Waals surface area (Å²) >= 11 is 1.41. The van der Waals surface area contributed by atoms with Crippen LogP contribution in [0.3, 0.4) is 0 Å². The maximum atomic E-state index is 13.9. The Morgan fingerprint density at radius 2 is 1.81 bits per heavy atom. The summed E-state index contributed by atoms with van der Waals surface area (Å²) in [5, 5.41) is 0.587. The summed E-state index contributed by atoms with van der Waals surface area (Å²) in [5.41, 5.74) is 3.78. The maximum Gasteiger partial charge on any atom is 0.223 e. The van der Waals surface area contributed by atoms with E-state index in [2.05, 4.69) is 36.8 Å². The fourth-order valence-electron chi connectivity index (χ4n) is 2.62. The zero-order valence-electron chi connectivity index (χ0n) is 16.0. The van der Waals surface area contributed by atoms with Gasteiger partial charge in [-0.25, -0.2) is 9.37 Å². The molecule has 0 aliphatic rings. The molecule has 1 aromatic heterocycles. The van der Waals surface area contributed by atoms with E-state index in [-0.39, 0.29) is 11.7 Å². The van der Waals surface area contributed by atoms with Gasteiger partial charge in [-0.2, -0.15) is 4.98 Å². The first-order valence-electron chi connectivity index (χ1n) is 8.92. The van der Waals surface area contributed by atoms with Crippen molar-refractivity contribution in [3.05, 3.63) is 76.7 Å². The van der Waals surface area contributed by atoms with Crippen LogP contribution >= 0.6 is 11.8 Å². The molecule has 27 heavy (non-hydrogen) atoms. The molecule has 0 atom stereocenters. The van der Waals surface area contributed by atoms with Crippen molar-refractivity contribution in [3.63, 3.8) is 0 Å². The molecule has 2 aromatic carbocycles. The van der Waals surface area contributed by atoms with Crippen LogP contribution in [0, 0.1) is 19.7 Å². The molecule has 0 saturated carbocycles. The fourth-order valence-corrected chi connectivity index (χ4v) is 3.46. The number of thioether (sulfide) groups is 1. The molecule has 5 heteroatoms. The molecule has 0 spiro atoms. The van der Waals surface area contributed by atoms with Gasteiger partial charge in [-0.1, -0.05) is 61.5 Å². The Morgan fingerprint density at radius 1 is 1.04 bits per heavy atom. The third-order valence-corrected chi connectivity index (χ3v) is 5.05. The van der Waals surface area contributed by atoms with Gasteiger partial charge in [-0.15, -0.1) is 0 Å². The zero-order chi connectivity index (χ0) is 19.4. The van der Waals surface area contributed by atoms with Crippen LogP contribution in [0.15, 0.2) is 53.7 Å². The molecule has 0 unspecified atom stereocenters. The molecule has 0 saturated heterocycles. The van der Waals surface area contributed by atoms with Crippen molar-refractivity contribution in [2.24, 2.45) is 0 Å². The number of aryl methyl sites for hydroxylation is 2. The van der Waals surface area contributed by atoms with E-state index in [0.29, 0.717) is 22.4 Å². The lowest BCUT2D eigenvalue weighted by molar-refractivity contribution is 0.449. The molecule has 1 heterocycles. The Labute approximate surface area is 164 Å². The van der Waals surface area contributed by atoms with E-state index in [4.69, 9.17) is 4.74 Å². The summed E-state index contributed by atoms with van der Waals surface area (Å²) in [5.74, 6) is 1.78. The molecule has 0 bridgehead atoms. The SMILES string of the molecule is Cc1ccc(Oc2cc(C(C)C)nc(SCc3ccccc3F)n2)c(C)c1. The lowest BCUT2D eigenvalue weighted by Crippen LogP contribution is -2.00. The summed E-state index contributed by atoms with van der Waals surface area (Å²) in [4.78, 5) is 9.13. The number of nitrogens with zero attached hydrogens (tertiary/aromatic N) is 2. The third-order valence-electron chi connectivity index (χ3n) is 4.15. The van der Waals surface area contributed by atoms with Gasteiger partial charge in [-0.05, 0) is 43.0 Å². The predicted molar refractivity (Wildman–Crippen MR) is 108 cm³/mol. The van der Waals surface area contributed by atoms with Gasteiger partial charge in [-0.3, -0.25) is 0 Å². The number of aromatic nitrogens is 2. The predicted octanol–water partition coefficient (Wildman–Crippen LogP) is 6.44. The van der Waals surface area contributed by atoms with E-state index >= 15 is 0 Å². The normalized spacial score (nSPS) is 11.0. The van der Waals surface area contributed by atoms with Crippen LogP contribution in [0.2, 0.25) is 0 Å². The van der Waals surface area contributed by atoms with E-state index in [0.717, 1.165) is 17.0 Å². The largest absolute Gasteiger partial charge is 0.439 e. The minimum absolute atomic E-state index is 0.211. The number of hydrogen-bond acceptors (Lipinski definition) is 4. The van der Waals surface area contributed by atoms with E-state index in [1.54, 1.807) is 12.1 Å². The number of rotatable bonds is 6. The highest BCUT2D eigenvalue weighted by Crippen LogP contribution is 2.29. The number of benzene rings is 2. The Balaban J connectivity index is 1.85. The second-order valence-electron chi connectivity index (χ2n) is 6.82. The summed E-state index contributed by atoms with van der Waals surface area (Å²) < 4.78 is 19.9. The van der Waals surface area contributed by atoms with Gasteiger partial charge in [0, 0.05) is 11.8 Å². The van der Waals surface area contributed by atoms with Gasteiger partial charge < -0.3 is 4.74 Å². The van der Waals surface area contributed by atoms with Crippen LogP contribution in [0.5, 0.6) is 11.6 Å². The van der Waals surface area contributed by atoms with Gasteiger partial charge >= 0.3 is 0 Å². The Kier molecular flexibility index (Phi) is 6.11. The Morgan fingerprint density at radius 3 is 2.52 bits per heavy atom. The molecule has 3 nitrogen and oxygen atoms in total. The molecule has 0 N–H and O–H groups in total. The average Bonchev–Trinajstić information content (AvgIpc) is 2.63. The lowest BCUT2D eigenvalue weighted by Gasteiger charge is -2.12. The monoisotopic (exact) mass is 382 g/mol. The van der Waals surface area contributed by atoms with Crippen molar-refractivity contribution in [1.82, 2.24) is 9.97 Å². The van der Waals surface area contributed by atoms with Crippen LogP contribution in [0.25, 0.3) is 0 Å². The number of hydrogen-bond donors (Lipinski definition) is 0. The van der Waals surface area contributed by atoms with E-state index < -0.39 is 0 Å². The Bertz CT molecular complexity index is 943. The van der Waals surface area contributed by atoms with Gasteiger partial charge in [0.2, 0.25) is 5.88 Å². The second-order valence-corrected chi connectivity index (χ2v) is 7.76. The summed E-state index contributed by atoms with van der Waals surface area (Å²) in [6.45, 7) is 8.22. The molecular formula is C22H23FN2OS.